The van der Waals surface area contributed by atoms with Crippen LogP contribution in [0.3, 0.4) is 0 Å². The molecule has 3 rings (SSSR count). The highest BCUT2D eigenvalue weighted by molar-refractivity contribution is 6.33. The Balaban J connectivity index is 2.12. The molecule has 0 aliphatic heterocycles. The smallest absolute Gasteiger partial charge is 0.249 e. The van der Waals surface area contributed by atoms with E-state index in [0.29, 0.717) is 38.7 Å². The number of hydrogen-bond acceptors (Lipinski definition) is 5. The first kappa shape index (κ1) is 16.0. The number of aromatic nitrogens is 1. The van der Waals surface area contributed by atoms with Crippen LogP contribution in [0.25, 0.3) is 10.9 Å². The third kappa shape index (κ3) is 2.97. The second-order valence-corrected chi connectivity index (χ2v) is 5.55. The number of aliphatic hydroxyl groups is 1. The summed E-state index contributed by atoms with van der Waals surface area (Å²) < 4.78 is 5.84. The second-order valence-electron chi connectivity index (χ2n) is 5.14. The number of nitrogens with two attached hydrogens (primary N) is 2. The highest BCUT2D eigenvalue weighted by atomic mass is 35.5. The van der Waals surface area contributed by atoms with Crippen LogP contribution in [0.2, 0.25) is 5.02 Å². The molecule has 1 heterocycles. The number of rotatable bonds is 4. The summed E-state index contributed by atoms with van der Waals surface area (Å²) in [7, 11) is 0. The molecule has 0 atom stereocenters. The summed E-state index contributed by atoms with van der Waals surface area (Å²) in [6, 6.07) is 9.75. The maximum atomic E-state index is 11.6. The Hall–Kier alpha value is -2.83. The van der Waals surface area contributed by atoms with Crippen molar-refractivity contribution in [2.45, 2.75) is 6.61 Å². The molecule has 1 amide bonds. The van der Waals surface area contributed by atoms with E-state index in [-0.39, 0.29) is 12.2 Å². The number of pyridine rings is 1. The molecule has 24 heavy (non-hydrogen) atoms. The summed E-state index contributed by atoms with van der Waals surface area (Å²) >= 11 is 6.00. The number of nitrogens with zero attached hydrogens (tertiary/aromatic N) is 1. The van der Waals surface area contributed by atoms with E-state index in [0.717, 1.165) is 0 Å². The van der Waals surface area contributed by atoms with Gasteiger partial charge >= 0.3 is 0 Å². The number of primary amides is 1. The van der Waals surface area contributed by atoms with Gasteiger partial charge in [-0.25, -0.2) is 0 Å². The van der Waals surface area contributed by atoms with E-state index in [1.54, 1.807) is 42.6 Å². The van der Waals surface area contributed by atoms with Crippen LogP contribution in [0.4, 0.5) is 5.69 Å². The van der Waals surface area contributed by atoms with Crippen LogP contribution in [0.1, 0.15) is 15.9 Å². The minimum absolute atomic E-state index is 0.221. The molecule has 0 saturated heterocycles. The Bertz CT molecular complexity index is 944. The quantitative estimate of drug-likeness (QED) is 0.631. The number of nitrogen functional groups attached to an aromatic ring is 1. The molecule has 0 spiro atoms. The summed E-state index contributed by atoms with van der Waals surface area (Å²) in [5.74, 6) is 0.340. The minimum atomic E-state index is -0.633. The van der Waals surface area contributed by atoms with Gasteiger partial charge in [0.25, 0.3) is 0 Å². The zero-order chi connectivity index (χ0) is 17.3. The van der Waals surface area contributed by atoms with Gasteiger partial charge in [0.05, 0.1) is 22.8 Å². The highest BCUT2D eigenvalue weighted by Crippen LogP contribution is 2.33. The highest BCUT2D eigenvalue weighted by Gasteiger charge is 2.13. The van der Waals surface area contributed by atoms with Crippen LogP contribution >= 0.6 is 11.6 Å². The maximum Gasteiger partial charge on any atom is 0.249 e. The monoisotopic (exact) mass is 343 g/mol. The molecule has 5 N–H and O–H groups in total. The summed E-state index contributed by atoms with van der Waals surface area (Å²) in [6.07, 6.45) is 1.57. The van der Waals surface area contributed by atoms with Gasteiger partial charge in [-0.05, 0) is 35.9 Å². The molecule has 0 radical (unpaired) electrons. The molecule has 6 nitrogen and oxygen atoms in total. The molecule has 7 heteroatoms. The number of fused-ring (bicyclic) bond motifs is 1. The molecule has 122 valence electrons. The van der Waals surface area contributed by atoms with Gasteiger partial charge in [-0.15, -0.1) is 0 Å². The summed E-state index contributed by atoms with van der Waals surface area (Å²) in [4.78, 5) is 15.8. The molecule has 3 aromatic rings. The zero-order valence-electron chi connectivity index (χ0n) is 12.5. The number of carbonyl (C=O) groups excluding carboxylic acids is 1. The van der Waals surface area contributed by atoms with Crippen LogP contribution in [-0.2, 0) is 6.61 Å². The third-order valence-corrected chi connectivity index (χ3v) is 3.89. The van der Waals surface area contributed by atoms with Crippen LogP contribution in [-0.4, -0.2) is 16.0 Å². The molecule has 0 aliphatic carbocycles. The number of benzene rings is 2. The topological polar surface area (TPSA) is 111 Å². The van der Waals surface area contributed by atoms with E-state index < -0.39 is 5.91 Å². The molecule has 2 aromatic carbocycles. The van der Waals surface area contributed by atoms with Crippen molar-refractivity contribution in [3.8, 4) is 11.5 Å². The van der Waals surface area contributed by atoms with Crippen LogP contribution in [0, 0.1) is 0 Å². The van der Waals surface area contributed by atoms with Gasteiger partial charge in [0.2, 0.25) is 5.91 Å². The van der Waals surface area contributed by atoms with E-state index in [1.165, 1.54) is 0 Å². The number of ether oxygens (including phenoxy) is 1. The standard InChI is InChI=1S/C17H14ClN3O3/c18-13-6-10(1-2-14(13)19)24-16-3-4-21-15-5-9(8-22)11(17(20)23)7-12(15)16/h1-7,22H,8,19H2,(H2,20,23). The number of anilines is 1. The molecule has 0 unspecified atom stereocenters. The van der Waals surface area contributed by atoms with Crippen molar-refractivity contribution in [3.63, 3.8) is 0 Å². The molecule has 0 saturated carbocycles. The van der Waals surface area contributed by atoms with Gasteiger partial charge in [0.1, 0.15) is 11.5 Å². The Morgan fingerprint density at radius 2 is 2.04 bits per heavy atom. The predicted molar refractivity (Wildman–Crippen MR) is 92.1 cm³/mol. The minimum Gasteiger partial charge on any atom is -0.457 e. The van der Waals surface area contributed by atoms with Crippen molar-refractivity contribution in [1.29, 1.82) is 0 Å². The summed E-state index contributed by atoms with van der Waals surface area (Å²) in [5, 5.41) is 10.4. The van der Waals surface area contributed by atoms with E-state index in [1.807, 2.05) is 0 Å². The first-order valence-corrected chi connectivity index (χ1v) is 7.42. The summed E-state index contributed by atoms with van der Waals surface area (Å²) in [6.45, 7) is -0.311. The molecular formula is C17H14ClN3O3. The van der Waals surface area contributed by atoms with E-state index >= 15 is 0 Å². The van der Waals surface area contributed by atoms with Crippen molar-refractivity contribution in [3.05, 3.63) is 58.7 Å². The van der Waals surface area contributed by atoms with Crippen molar-refractivity contribution in [2.24, 2.45) is 5.73 Å². The SMILES string of the molecule is NC(=O)c1cc2c(Oc3ccc(N)c(Cl)c3)ccnc2cc1CO. The van der Waals surface area contributed by atoms with Crippen LogP contribution in [0.5, 0.6) is 11.5 Å². The Labute approximate surface area is 142 Å². The lowest BCUT2D eigenvalue weighted by atomic mass is 10.0. The average molecular weight is 344 g/mol. The number of aliphatic hydroxyl groups excluding tert-OH is 1. The molecule has 0 aliphatic rings. The van der Waals surface area contributed by atoms with Crippen LogP contribution < -0.4 is 16.2 Å². The largest absolute Gasteiger partial charge is 0.457 e. The molecule has 1 aromatic heterocycles. The van der Waals surface area contributed by atoms with E-state index in [2.05, 4.69) is 4.98 Å². The Morgan fingerprint density at radius 1 is 1.25 bits per heavy atom. The molecule has 0 fully saturated rings. The van der Waals surface area contributed by atoms with Crippen molar-refractivity contribution in [1.82, 2.24) is 4.98 Å². The van der Waals surface area contributed by atoms with Crippen LogP contribution in [0.15, 0.2) is 42.6 Å². The zero-order valence-corrected chi connectivity index (χ0v) is 13.2. The summed E-state index contributed by atoms with van der Waals surface area (Å²) in [5.41, 5.74) is 12.7. The van der Waals surface area contributed by atoms with E-state index in [4.69, 9.17) is 27.8 Å². The van der Waals surface area contributed by atoms with Gasteiger partial charge in [-0.3, -0.25) is 9.78 Å². The van der Waals surface area contributed by atoms with Crippen molar-refractivity contribution < 1.29 is 14.6 Å². The van der Waals surface area contributed by atoms with Crippen molar-refractivity contribution >= 4 is 34.1 Å². The Kier molecular flexibility index (Phi) is 4.24. The fourth-order valence-corrected chi connectivity index (χ4v) is 2.53. The Morgan fingerprint density at radius 3 is 2.71 bits per heavy atom. The van der Waals surface area contributed by atoms with Gasteiger partial charge in [-0.2, -0.15) is 0 Å². The molecular weight excluding hydrogens is 330 g/mol. The lowest BCUT2D eigenvalue weighted by Crippen LogP contribution is -2.14. The number of amides is 1. The first-order valence-electron chi connectivity index (χ1n) is 7.05. The normalized spacial score (nSPS) is 10.8. The fourth-order valence-electron chi connectivity index (χ4n) is 2.36. The number of carbonyl (C=O) groups is 1. The van der Waals surface area contributed by atoms with Gasteiger partial charge < -0.3 is 21.3 Å². The van der Waals surface area contributed by atoms with E-state index in [9.17, 15) is 9.90 Å². The maximum absolute atomic E-state index is 11.6. The number of hydrogen-bond donors (Lipinski definition) is 3. The van der Waals surface area contributed by atoms with Gasteiger partial charge in [0.15, 0.2) is 0 Å². The third-order valence-electron chi connectivity index (χ3n) is 3.56. The van der Waals surface area contributed by atoms with Gasteiger partial charge in [-0.1, -0.05) is 11.6 Å². The van der Waals surface area contributed by atoms with Gasteiger partial charge in [0, 0.05) is 23.2 Å². The molecule has 0 bridgehead atoms. The number of halogens is 1. The second kappa shape index (κ2) is 6.35. The first-order chi connectivity index (χ1) is 11.5. The lowest BCUT2D eigenvalue weighted by Gasteiger charge is -2.12. The lowest BCUT2D eigenvalue weighted by molar-refractivity contribution is 0.0997. The van der Waals surface area contributed by atoms with Crippen molar-refractivity contribution in [2.75, 3.05) is 5.73 Å². The average Bonchev–Trinajstić information content (AvgIpc) is 2.57. The predicted octanol–water partition coefficient (Wildman–Crippen LogP) is 2.85. The fraction of sp³-hybridized carbons (Fsp3) is 0.0588.